The Kier molecular flexibility index (Phi) is 7.48. The minimum atomic E-state index is -2.46. The number of hydrogen-bond donors (Lipinski definition) is 1. The molecular weight excluding hydrogens is 280 g/mol. The number of halogens is 3. The SMILES string of the molecule is COc1cc([C@H](N)CC(F)F)cc(OC)c1OC.Cl. The van der Waals surface area contributed by atoms with Gasteiger partial charge in [0.05, 0.1) is 21.3 Å². The molecule has 0 heterocycles. The molecule has 0 amide bonds. The summed E-state index contributed by atoms with van der Waals surface area (Å²) < 4.78 is 40.0. The molecule has 1 rings (SSSR count). The van der Waals surface area contributed by atoms with Gasteiger partial charge in [-0.1, -0.05) is 0 Å². The van der Waals surface area contributed by atoms with E-state index >= 15 is 0 Å². The van der Waals surface area contributed by atoms with Crippen molar-refractivity contribution >= 4 is 12.4 Å². The predicted octanol–water partition coefficient (Wildman–Crippen LogP) is 2.79. The first-order chi connectivity index (χ1) is 8.53. The molecule has 0 saturated heterocycles. The Bertz CT molecular complexity index is 380. The van der Waals surface area contributed by atoms with E-state index in [9.17, 15) is 8.78 Å². The lowest BCUT2D eigenvalue weighted by Crippen LogP contribution is -2.14. The molecule has 0 unspecified atom stereocenters. The standard InChI is InChI=1S/C12H17F2NO3.ClH/c1-16-9-4-7(8(15)6-11(13)14)5-10(17-2)12(9)18-3;/h4-5,8,11H,6,15H2,1-3H3;1H/t8-;/m1./s1. The fourth-order valence-electron chi connectivity index (χ4n) is 1.64. The highest BCUT2D eigenvalue weighted by atomic mass is 35.5. The molecule has 0 bridgehead atoms. The van der Waals surface area contributed by atoms with E-state index in [1.165, 1.54) is 21.3 Å². The van der Waals surface area contributed by atoms with E-state index in [0.29, 0.717) is 22.8 Å². The monoisotopic (exact) mass is 297 g/mol. The zero-order valence-corrected chi connectivity index (χ0v) is 11.8. The van der Waals surface area contributed by atoms with Gasteiger partial charge in [-0.05, 0) is 17.7 Å². The average Bonchev–Trinajstić information content (AvgIpc) is 2.35. The summed E-state index contributed by atoms with van der Waals surface area (Å²) in [6.07, 6.45) is -2.88. The van der Waals surface area contributed by atoms with Crippen LogP contribution in [0.5, 0.6) is 17.2 Å². The normalized spacial score (nSPS) is 11.7. The number of ether oxygens (including phenoxy) is 3. The number of benzene rings is 1. The molecule has 0 aromatic heterocycles. The van der Waals surface area contributed by atoms with Crippen LogP contribution in [0.2, 0.25) is 0 Å². The Morgan fingerprint density at radius 1 is 1.05 bits per heavy atom. The zero-order valence-electron chi connectivity index (χ0n) is 11.0. The van der Waals surface area contributed by atoms with Gasteiger partial charge in [0, 0.05) is 12.5 Å². The van der Waals surface area contributed by atoms with Crippen molar-refractivity contribution in [2.24, 2.45) is 5.73 Å². The van der Waals surface area contributed by atoms with E-state index in [1.54, 1.807) is 12.1 Å². The van der Waals surface area contributed by atoms with E-state index in [4.69, 9.17) is 19.9 Å². The highest BCUT2D eigenvalue weighted by Crippen LogP contribution is 2.39. The van der Waals surface area contributed by atoms with Gasteiger partial charge in [-0.25, -0.2) is 8.78 Å². The molecule has 4 nitrogen and oxygen atoms in total. The van der Waals surface area contributed by atoms with Crippen LogP contribution in [0.1, 0.15) is 18.0 Å². The van der Waals surface area contributed by atoms with Crippen molar-refractivity contribution in [3.05, 3.63) is 17.7 Å². The Morgan fingerprint density at radius 3 is 1.84 bits per heavy atom. The molecule has 19 heavy (non-hydrogen) atoms. The van der Waals surface area contributed by atoms with Crippen LogP contribution in [0.25, 0.3) is 0 Å². The van der Waals surface area contributed by atoms with Gasteiger partial charge in [0.25, 0.3) is 0 Å². The number of hydrogen-bond acceptors (Lipinski definition) is 4. The van der Waals surface area contributed by atoms with E-state index in [2.05, 4.69) is 0 Å². The minimum absolute atomic E-state index is 0. The molecule has 0 fully saturated rings. The molecule has 0 aliphatic rings. The van der Waals surface area contributed by atoms with Crippen molar-refractivity contribution in [1.29, 1.82) is 0 Å². The highest BCUT2D eigenvalue weighted by molar-refractivity contribution is 5.85. The lowest BCUT2D eigenvalue weighted by molar-refractivity contribution is 0.128. The highest BCUT2D eigenvalue weighted by Gasteiger charge is 2.18. The lowest BCUT2D eigenvalue weighted by Gasteiger charge is -2.17. The number of alkyl halides is 2. The van der Waals surface area contributed by atoms with E-state index in [1.807, 2.05) is 0 Å². The van der Waals surface area contributed by atoms with Gasteiger partial charge in [-0.3, -0.25) is 0 Å². The fraction of sp³-hybridized carbons (Fsp3) is 0.500. The van der Waals surface area contributed by atoms with Crippen LogP contribution in [-0.4, -0.2) is 27.8 Å². The van der Waals surface area contributed by atoms with Gasteiger partial charge in [0.1, 0.15) is 0 Å². The summed E-state index contributed by atoms with van der Waals surface area (Å²) in [5.74, 6) is 1.21. The van der Waals surface area contributed by atoms with Crippen LogP contribution in [0, 0.1) is 0 Å². The topological polar surface area (TPSA) is 53.7 Å². The molecule has 1 aromatic rings. The maximum Gasteiger partial charge on any atom is 0.240 e. The number of rotatable bonds is 6. The van der Waals surface area contributed by atoms with E-state index < -0.39 is 18.9 Å². The smallest absolute Gasteiger partial charge is 0.240 e. The van der Waals surface area contributed by atoms with E-state index in [-0.39, 0.29) is 12.4 Å². The summed E-state index contributed by atoms with van der Waals surface area (Å²) in [7, 11) is 4.39. The van der Waals surface area contributed by atoms with Crippen LogP contribution < -0.4 is 19.9 Å². The second-order valence-electron chi connectivity index (χ2n) is 3.69. The molecular formula is C12H18ClF2NO3. The molecule has 0 aliphatic heterocycles. The molecule has 2 N–H and O–H groups in total. The van der Waals surface area contributed by atoms with E-state index in [0.717, 1.165) is 0 Å². The first kappa shape index (κ1) is 17.7. The van der Waals surface area contributed by atoms with Gasteiger partial charge in [0.2, 0.25) is 12.2 Å². The molecule has 1 atom stereocenters. The Morgan fingerprint density at radius 2 is 1.53 bits per heavy atom. The third-order valence-corrected chi connectivity index (χ3v) is 2.55. The summed E-state index contributed by atoms with van der Waals surface area (Å²) in [6, 6.07) is 2.38. The van der Waals surface area contributed by atoms with Crippen molar-refractivity contribution in [2.45, 2.75) is 18.9 Å². The van der Waals surface area contributed by atoms with Crippen molar-refractivity contribution in [3.8, 4) is 17.2 Å². The van der Waals surface area contributed by atoms with Crippen molar-refractivity contribution in [2.75, 3.05) is 21.3 Å². The predicted molar refractivity (Wildman–Crippen MR) is 70.9 cm³/mol. The summed E-state index contributed by atoms with van der Waals surface area (Å²) in [6.45, 7) is 0. The zero-order chi connectivity index (χ0) is 13.7. The summed E-state index contributed by atoms with van der Waals surface area (Å²) in [5.41, 5.74) is 6.22. The quantitative estimate of drug-likeness (QED) is 0.877. The van der Waals surface area contributed by atoms with Crippen LogP contribution in [0.3, 0.4) is 0 Å². The first-order valence-electron chi connectivity index (χ1n) is 5.37. The average molecular weight is 298 g/mol. The molecule has 0 radical (unpaired) electrons. The van der Waals surface area contributed by atoms with Crippen LogP contribution >= 0.6 is 12.4 Å². The summed E-state index contributed by atoms with van der Waals surface area (Å²) in [4.78, 5) is 0. The lowest BCUT2D eigenvalue weighted by atomic mass is 10.0. The van der Waals surface area contributed by atoms with Gasteiger partial charge in [-0.2, -0.15) is 0 Å². The minimum Gasteiger partial charge on any atom is -0.493 e. The molecule has 0 spiro atoms. The first-order valence-corrected chi connectivity index (χ1v) is 5.37. The van der Waals surface area contributed by atoms with Crippen molar-refractivity contribution < 1.29 is 23.0 Å². The Balaban J connectivity index is 0.00000324. The Labute approximate surface area is 117 Å². The van der Waals surface area contributed by atoms with Crippen molar-refractivity contribution in [1.82, 2.24) is 0 Å². The maximum absolute atomic E-state index is 12.3. The molecule has 7 heteroatoms. The van der Waals surface area contributed by atoms with Gasteiger partial charge in [0.15, 0.2) is 11.5 Å². The summed E-state index contributed by atoms with van der Waals surface area (Å²) >= 11 is 0. The van der Waals surface area contributed by atoms with Crippen LogP contribution in [-0.2, 0) is 0 Å². The van der Waals surface area contributed by atoms with Crippen LogP contribution in [0.4, 0.5) is 8.78 Å². The molecule has 0 saturated carbocycles. The molecule has 0 aliphatic carbocycles. The fourth-order valence-corrected chi connectivity index (χ4v) is 1.64. The molecule has 1 aromatic carbocycles. The Hall–Kier alpha value is -1.27. The maximum atomic E-state index is 12.3. The number of methoxy groups -OCH3 is 3. The largest absolute Gasteiger partial charge is 0.493 e. The third-order valence-electron chi connectivity index (χ3n) is 2.55. The van der Waals surface area contributed by atoms with Crippen LogP contribution in [0.15, 0.2) is 12.1 Å². The van der Waals surface area contributed by atoms with Gasteiger partial charge < -0.3 is 19.9 Å². The summed E-state index contributed by atoms with van der Waals surface area (Å²) in [5, 5.41) is 0. The van der Waals surface area contributed by atoms with Crippen molar-refractivity contribution in [3.63, 3.8) is 0 Å². The van der Waals surface area contributed by atoms with Gasteiger partial charge in [-0.15, -0.1) is 12.4 Å². The second-order valence-corrected chi connectivity index (χ2v) is 3.69. The molecule has 110 valence electrons. The van der Waals surface area contributed by atoms with Gasteiger partial charge >= 0.3 is 0 Å². The third kappa shape index (κ3) is 4.40. The number of nitrogens with two attached hydrogens (primary N) is 1. The second kappa shape index (κ2) is 8.01.